The number of likely N-dealkylation sites (tertiary alicyclic amines) is 1. The number of hydrogen-bond donors (Lipinski definition) is 0. The molecule has 1 aromatic rings. The van der Waals surface area contributed by atoms with Crippen molar-refractivity contribution in [3.63, 3.8) is 0 Å². The maximum Gasteiger partial charge on any atom is 0.262 e. The van der Waals surface area contributed by atoms with Gasteiger partial charge in [-0.2, -0.15) is 0 Å². The van der Waals surface area contributed by atoms with Gasteiger partial charge in [-0.25, -0.2) is 0 Å². The monoisotopic (exact) mass is 361 g/mol. The van der Waals surface area contributed by atoms with E-state index in [-0.39, 0.29) is 5.91 Å². The lowest BCUT2D eigenvalue weighted by Crippen LogP contribution is -2.39. The molecule has 1 amide bonds. The van der Waals surface area contributed by atoms with Crippen molar-refractivity contribution in [1.29, 1.82) is 0 Å². The van der Waals surface area contributed by atoms with E-state index in [4.69, 9.17) is 11.6 Å². The molecule has 0 spiro atoms. The van der Waals surface area contributed by atoms with Gasteiger partial charge in [-0.05, 0) is 49.2 Å². The van der Waals surface area contributed by atoms with Gasteiger partial charge in [-0.1, -0.05) is 23.7 Å². The van der Waals surface area contributed by atoms with Gasteiger partial charge in [0.2, 0.25) is 0 Å². The highest BCUT2D eigenvalue weighted by Crippen LogP contribution is 2.38. The molecule has 0 aliphatic carbocycles. The second-order valence-corrected chi connectivity index (χ2v) is 7.89. The summed E-state index contributed by atoms with van der Waals surface area (Å²) in [6.45, 7) is 5.40. The van der Waals surface area contributed by atoms with Gasteiger partial charge in [0.15, 0.2) is 5.17 Å². The van der Waals surface area contributed by atoms with Gasteiger partial charge in [0.05, 0.1) is 11.4 Å². The number of halogens is 1. The quantitative estimate of drug-likeness (QED) is 0.805. The van der Waals surface area contributed by atoms with E-state index in [2.05, 4.69) is 22.0 Å². The topological polar surface area (TPSA) is 35.9 Å². The number of thioether (sulfide) groups is 1. The van der Waals surface area contributed by atoms with Crippen molar-refractivity contribution in [3.05, 3.63) is 45.5 Å². The molecule has 3 heterocycles. The van der Waals surface area contributed by atoms with E-state index in [1.807, 2.05) is 24.0 Å². The average Bonchev–Trinajstić information content (AvgIpc) is 3.18. The van der Waals surface area contributed by atoms with E-state index in [0.717, 1.165) is 59.8 Å². The molecule has 126 valence electrons. The first-order chi connectivity index (χ1) is 11.6. The molecule has 1 atom stereocenters. The SMILES string of the molecule is CC1=C(C(=O)N2CCC[C@H](c3ccc(Cl)cc3)C2)SC2=NCCN21. The van der Waals surface area contributed by atoms with Crippen LogP contribution in [0.25, 0.3) is 0 Å². The minimum absolute atomic E-state index is 0.160. The summed E-state index contributed by atoms with van der Waals surface area (Å²) >= 11 is 7.53. The Morgan fingerprint density at radius 3 is 2.83 bits per heavy atom. The van der Waals surface area contributed by atoms with Crippen LogP contribution < -0.4 is 0 Å². The molecule has 0 saturated carbocycles. The fourth-order valence-corrected chi connectivity index (χ4v) is 4.90. The number of hydrogen-bond acceptors (Lipinski definition) is 4. The lowest BCUT2D eigenvalue weighted by Gasteiger charge is -2.33. The van der Waals surface area contributed by atoms with Gasteiger partial charge < -0.3 is 9.80 Å². The summed E-state index contributed by atoms with van der Waals surface area (Å²) in [7, 11) is 0. The number of aliphatic imine (C=N–C) groups is 1. The van der Waals surface area contributed by atoms with Crippen LogP contribution in [0.4, 0.5) is 0 Å². The van der Waals surface area contributed by atoms with Crippen molar-refractivity contribution in [3.8, 4) is 0 Å². The Morgan fingerprint density at radius 2 is 2.08 bits per heavy atom. The fraction of sp³-hybridized carbons (Fsp3) is 0.444. The first kappa shape index (κ1) is 16.0. The van der Waals surface area contributed by atoms with Gasteiger partial charge in [-0.3, -0.25) is 9.79 Å². The average molecular weight is 362 g/mol. The normalized spacial score (nSPS) is 23.6. The number of amidine groups is 1. The lowest BCUT2D eigenvalue weighted by molar-refractivity contribution is -0.127. The van der Waals surface area contributed by atoms with Gasteiger partial charge in [-0.15, -0.1) is 0 Å². The third-order valence-corrected chi connectivity index (χ3v) is 6.43. The van der Waals surface area contributed by atoms with Crippen molar-refractivity contribution in [2.45, 2.75) is 25.7 Å². The largest absolute Gasteiger partial charge is 0.338 e. The van der Waals surface area contributed by atoms with Crippen LogP contribution in [0.5, 0.6) is 0 Å². The number of nitrogens with zero attached hydrogens (tertiary/aromatic N) is 3. The molecule has 0 aromatic heterocycles. The van der Waals surface area contributed by atoms with Gasteiger partial charge in [0.25, 0.3) is 5.91 Å². The predicted molar refractivity (Wildman–Crippen MR) is 99.3 cm³/mol. The van der Waals surface area contributed by atoms with Crippen molar-refractivity contribution in [2.24, 2.45) is 4.99 Å². The summed E-state index contributed by atoms with van der Waals surface area (Å²) in [5, 5.41) is 1.74. The number of amides is 1. The molecule has 0 bridgehead atoms. The summed E-state index contributed by atoms with van der Waals surface area (Å²) in [5.41, 5.74) is 2.33. The Morgan fingerprint density at radius 1 is 1.29 bits per heavy atom. The highest BCUT2D eigenvalue weighted by atomic mass is 35.5. The van der Waals surface area contributed by atoms with Crippen molar-refractivity contribution < 1.29 is 4.79 Å². The molecule has 6 heteroatoms. The minimum Gasteiger partial charge on any atom is -0.338 e. The molecule has 3 aliphatic rings. The molecular weight excluding hydrogens is 342 g/mol. The smallest absolute Gasteiger partial charge is 0.262 e. The zero-order chi connectivity index (χ0) is 16.7. The maximum absolute atomic E-state index is 13.0. The Balaban J connectivity index is 1.50. The van der Waals surface area contributed by atoms with E-state index in [1.54, 1.807) is 0 Å². The Bertz CT molecular complexity index is 728. The summed E-state index contributed by atoms with van der Waals surface area (Å²) in [6.07, 6.45) is 2.16. The van der Waals surface area contributed by atoms with Crippen LogP contribution in [-0.2, 0) is 4.79 Å². The maximum atomic E-state index is 13.0. The number of allylic oxidation sites excluding steroid dienone is 1. The Kier molecular flexibility index (Phi) is 4.31. The molecule has 24 heavy (non-hydrogen) atoms. The van der Waals surface area contributed by atoms with Crippen LogP contribution in [0.3, 0.4) is 0 Å². The lowest BCUT2D eigenvalue weighted by atomic mass is 9.90. The first-order valence-corrected chi connectivity index (χ1v) is 9.58. The number of piperidine rings is 1. The number of benzene rings is 1. The molecule has 3 aliphatic heterocycles. The highest BCUT2D eigenvalue weighted by molar-refractivity contribution is 8.18. The second kappa shape index (κ2) is 6.45. The fourth-order valence-electron chi connectivity index (χ4n) is 3.62. The van der Waals surface area contributed by atoms with E-state index >= 15 is 0 Å². The molecule has 4 nitrogen and oxygen atoms in total. The molecule has 0 N–H and O–H groups in total. The molecule has 1 aromatic carbocycles. The van der Waals surface area contributed by atoms with Crippen LogP contribution in [0, 0.1) is 0 Å². The van der Waals surface area contributed by atoms with Crippen molar-refractivity contribution in [1.82, 2.24) is 9.80 Å². The van der Waals surface area contributed by atoms with Crippen molar-refractivity contribution >= 4 is 34.4 Å². The highest BCUT2D eigenvalue weighted by Gasteiger charge is 2.36. The third kappa shape index (κ3) is 2.84. The van der Waals surface area contributed by atoms with Crippen LogP contribution in [0.15, 0.2) is 39.9 Å². The number of carbonyl (C=O) groups excluding carboxylic acids is 1. The number of carbonyl (C=O) groups is 1. The molecule has 1 saturated heterocycles. The van der Waals surface area contributed by atoms with E-state index in [0.29, 0.717) is 5.92 Å². The van der Waals surface area contributed by atoms with Crippen molar-refractivity contribution in [2.75, 3.05) is 26.2 Å². The zero-order valence-corrected chi connectivity index (χ0v) is 15.2. The van der Waals surface area contributed by atoms with Gasteiger partial charge in [0.1, 0.15) is 0 Å². The van der Waals surface area contributed by atoms with E-state index in [1.165, 1.54) is 17.3 Å². The van der Waals surface area contributed by atoms with Gasteiger partial charge in [0, 0.05) is 36.3 Å². The summed E-state index contributed by atoms with van der Waals surface area (Å²) in [4.78, 5) is 22.5. The first-order valence-electron chi connectivity index (χ1n) is 8.39. The van der Waals surface area contributed by atoms with E-state index < -0.39 is 0 Å². The molecule has 0 unspecified atom stereocenters. The third-order valence-electron chi connectivity index (χ3n) is 4.97. The van der Waals surface area contributed by atoms with Gasteiger partial charge >= 0.3 is 0 Å². The second-order valence-electron chi connectivity index (χ2n) is 6.47. The van der Waals surface area contributed by atoms with Crippen LogP contribution in [0.1, 0.15) is 31.2 Å². The van der Waals surface area contributed by atoms with Crippen LogP contribution in [-0.4, -0.2) is 47.1 Å². The minimum atomic E-state index is 0.160. The zero-order valence-electron chi connectivity index (χ0n) is 13.7. The number of rotatable bonds is 2. The van der Waals surface area contributed by atoms with Crippen LogP contribution in [0.2, 0.25) is 5.02 Å². The van der Waals surface area contributed by atoms with Crippen LogP contribution >= 0.6 is 23.4 Å². The summed E-state index contributed by atoms with van der Waals surface area (Å²) < 4.78 is 0. The standard InChI is InChI=1S/C18H20ClN3OS/c1-12-16(24-18-20-8-10-22(12)18)17(23)21-9-2-3-14(11-21)13-4-6-15(19)7-5-13/h4-7,14H,2-3,8-11H2,1H3/t14-/m0/s1. The Hall–Kier alpha value is -1.46. The molecular formula is C18H20ClN3OS. The summed E-state index contributed by atoms with van der Waals surface area (Å²) in [6, 6.07) is 8.04. The summed E-state index contributed by atoms with van der Waals surface area (Å²) in [5.74, 6) is 0.553. The predicted octanol–water partition coefficient (Wildman–Crippen LogP) is 3.70. The Labute approximate surface area is 151 Å². The molecule has 4 rings (SSSR count). The van der Waals surface area contributed by atoms with E-state index in [9.17, 15) is 4.79 Å². The molecule has 1 fully saturated rings. The number of fused-ring (bicyclic) bond motifs is 1. The molecule has 0 radical (unpaired) electrons.